The van der Waals surface area contributed by atoms with E-state index in [-0.39, 0.29) is 11.3 Å². The van der Waals surface area contributed by atoms with Gasteiger partial charge in [0.2, 0.25) is 5.02 Å². The average molecular weight is 187 g/mol. The van der Waals surface area contributed by atoms with Gasteiger partial charge in [-0.25, -0.2) is 0 Å². The minimum absolute atomic E-state index is 0.0208. The number of aldehydes is 1. The van der Waals surface area contributed by atoms with Crippen LogP contribution in [0.5, 0.6) is 0 Å². The van der Waals surface area contributed by atoms with Crippen molar-refractivity contribution in [2.75, 3.05) is 0 Å². The fraction of sp³-hybridized carbons (Fsp3) is 0. The van der Waals surface area contributed by atoms with Gasteiger partial charge in [0, 0.05) is 18.2 Å². The van der Waals surface area contributed by atoms with Gasteiger partial charge in [0.05, 0.1) is 10.5 Å². The SMILES string of the molecule is O=Cc1cc([ClH+])ccc1[N+](=O)[O-]. The number of nitro groups is 1. The largest absolute Gasteiger partial charge is 0.298 e. The maximum atomic E-state index is 10.3. The summed E-state index contributed by atoms with van der Waals surface area (Å²) in [6, 6.07) is 3.95. The Hall–Kier alpha value is -1.42. The predicted octanol–water partition coefficient (Wildman–Crippen LogP) is 1.10. The summed E-state index contributed by atoms with van der Waals surface area (Å²) in [5.41, 5.74) is -0.189. The van der Waals surface area contributed by atoms with E-state index in [9.17, 15) is 14.9 Å². The van der Waals surface area contributed by atoms with Gasteiger partial charge in [-0.1, -0.05) is 0 Å². The van der Waals surface area contributed by atoms with Crippen molar-refractivity contribution in [2.45, 2.75) is 0 Å². The fourth-order valence-electron chi connectivity index (χ4n) is 0.793. The Morgan fingerprint density at radius 1 is 1.50 bits per heavy atom. The van der Waals surface area contributed by atoms with Crippen LogP contribution in [0.25, 0.3) is 0 Å². The van der Waals surface area contributed by atoms with Crippen LogP contribution in [0.1, 0.15) is 10.4 Å². The molecule has 1 rings (SSSR count). The summed E-state index contributed by atoms with van der Waals surface area (Å²) in [6.07, 6.45) is 0.425. The molecule has 0 radical (unpaired) electrons. The van der Waals surface area contributed by atoms with Crippen molar-refractivity contribution in [2.24, 2.45) is 0 Å². The summed E-state index contributed by atoms with van der Waals surface area (Å²) in [7, 11) is 0. The third kappa shape index (κ3) is 1.60. The second-order valence-electron chi connectivity index (χ2n) is 2.10. The molecule has 1 aromatic carbocycles. The lowest BCUT2D eigenvalue weighted by Crippen LogP contribution is -1.93. The highest BCUT2D eigenvalue weighted by atomic mass is 35.5. The number of rotatable bonds is 2. The number of nitrogens with zero attached hydrogens (tertiary/aromatic N) is 1. The van der Waals surface area contributed by atoms with Crippen LogP contribution < -0.4 is 0 Å². The molecule has 62 valence electrons. The van der Waals surface area contributed by atoms with E-state index in [1.165, 1.54) is 18.2 Å². The molecule has 0 spiro atoms. The molecule has 0 aliphatic rings. The molecule has 0 saturated carbocycles. The average Bonchev–Trinajstić information content (AvgIpc) is 2.03. The molecule has 0 saturated heterocycles. The number of benzene rings is 1. The summed E-state index contributed by atoms with van der Waals surface area (Å²) in [5, 5.41) is 10.7. The number of hydrogen-bond acceptors (Lipinski definition) is 3. The van der Waals surface area contributed by atoms with Gasteiger partial charge in [-0.05, 0) is 0 Å². The lowest BCUT2D eigenvalue weighted by molar-refractivity contribution is -0.385. The molecule has 0 bridgehead atoms. The molecule has 0 N–H and O–H groups in total. The molecule has 0 aromatic heterocycles. The number of halogens is 1. The zero-order valence-corrected chi connectivity index (χ0v) is 6.71. The molecule has 4 nitrogen and oxygen atoms in total. The van der Waals surface area contributed by atoms with Crippen molar-refractivity contribution < 1.29 is 21.3 Å². The first-order valence-corrected chi connectivity index (χ1v) is 3.46. The minimum Gasteiger partial charge on any atom is -0.298 e. The minimum atomic E-state index is -0.613. The maximum absolute atomic E-state index is 10.3. The number of hydrogen-bond donors (Lipinski definition) is 0. The Balaban J connectivity index is 3.29. The molecule has 0 unspecified atom stereocenters. The Labute approximate surface area is 72.9 Å². The predicted molar refractivity (Wildman–Crippen MR) is 39.0 cm³/mol. The highest BCUT2D eigenvalue weighted by molar-refractivity contribution is 5.81. The van der Waals surface area contributed by atoms with E-state index in [0.717, 1.165) is 0 Å². The first-order chi connectivity index (χ1) is 5.65. The summed E-state index contributed by atoms with van der Waals surface area (Å²) < 4.78 is 0. The van der Waals surface area contributed by atoms with E-state index in [1.807, 2.05) is 0 Å². The van der Waals surface area contributed by atoms with E-state index < -0.39 is 4.92 Å². The second kappa shape index (κ2) is 3.32. The van der Waals surface area contributed by atoms with Crippen LogP contribution in [-0.4, -0.2) is 11.2 Å². The Kier molecular flexibility index (Phi) is 2.40. The summed E-state index contributed by atoms with van der Waals surface area (Å²) >= 11 is 4.73. The van der Waals surface area contributed by atoms with Gasteiger partial charge >= 0.3 is 0 Å². The van der Waals surface area contributed by atoms with Gasteiger partial charge in [0.15, 0.2) is 17.9 Å². The van der Waals surface area contributed by atoms with Gasteiger partial charge in [0.25, 0.3) is 5.69 Å². The smallest absolute Gasteiger partial charge is 0.280 e. The molecule has 0 fully saturated rings. The van der Waals surface area contributed by atoms with Crippen molar-refractivity contribution in [3.63, 3.8) is 0 Å². The van der Waals surface area contributed by atoms with Gasteiger partial charge in [0.1, 0.15) is 0 Å². The third-order valence-electron chi connectivity index (χ3n) is 1.32. The molecule has 0 aliphatic heterocycles. The lowest BCUT2D eigenvalue weighted by atomic mass is 10.2. The van der Waals surface area contributed by atoms with Gasteiger partial charge < -0.3 is 0 Å². The first-order valence-electron chi connectivity index (χ1n) is 3.06. The molecular formula is C7H5ClNO3+. The van der Waals surface area contributed by atoms with Gasteiger partial charge in [-0.2, -0.15) is 0 Å². The molecule has 1 aromatic rings. The second-order valence-corrected chi connectivity index (χ2v) is 2.57. The van der Waals surface area contributed by atoms with Gasteiger partial charge in [-0.15, -0.1) is 0 Å². The number of nitro benzene ring substituents is 1. The van der Waals surface area contributed by atoms with Crippen molar-refractivity contribution in [3.8, 4) is 0 Å². The van der Waals surface area contributed by atoms with Crippen molar-refractivity contribution >= 4 is 12.0 Å². The lowest BCUT2D eigenvalue weighted by Gasteiger charge is -1.91. The van der Waals surface area contributed by atoms with Crippen molar-refractivity contribution in [1.82, 2.24) is 0 Å². The Morgan fingerprint density at radius 3 is 2.67 bits per heavy atom. The van der Waals surface area contributed by atoms with Crippen molar-refractivity contribution in [3.05, 3.63) is 38.9 Å². The fourth-order valence-corrected chi connectivity index (χ4v) is 0.988. The quantitative estimate of drug-likeness (QED) is 0.395. The molecule has 0 atom stereocenters. The van der Waals surface area contributed by atoms with Crippen molar-refractivity contribution in [1.29, 1.82) is 0 Å². The van der Waals surface area contributed by atoms with Crippen LogP contribution in [0.3, 0.4) is 0 Å². The number of carbonyl (C=O) groups excluding carboxylic acids is 1. The standard InChI is InChI=1S/C7H5ClNO3/c8-6-1-2-7(9(11)12)5(3-6)4-10/h1-4,8H/q+1. The highest BCUT2D eigenvalue weighted by Gasteiger charge is 2.14. The molecule has 0 amide bonds. The van der Waals surface area contributed by atoms with Crippen LogP contribution in [0.15, 0.2) is 18.2 Å². The molecule has 0 aliphatic carbocycles. The van der Waals surface area contributed by atoms with Crippen LogP contribution in [0, 0.1) is 21.7 Å². The zero-order valence-electron chi connectivity index (χ0n) is 5.89. The number of carbonyl (C=O) groups is 1. The van der Waals surface area contributed by atoms with Crippen LogP contribution in [0.4, 0.5) is 5.69 Å². The van der Waals surface area contributed by atoms with Crippen LogP contribution >= 0.6 is 0 Å². The van der Waals surface area contributed by atoms with E-state index in [2.05, 4.69) is 0 Å². The molecule has 12 heavy (non-hydrogen) atoms. The normalized spacial score (nSPS) is 9.42. The Morgan fingerprint density at radius 2 is 2.17 bits per heavy atom. The van der Waals surface area contributed by atoms with E-state index in [0.29, 0.717) is 11.3 Å². The molecular weight excluding hydrogens is 182 g/mol. The van der Waals surface area contributed by atoms with E-state index in [1.54, 1.807) is 0 Å². The topological polar surface area (TPSA) is 60.2 Å². The molecule has 0 heterocycles. The molecule has 5 heteroatoms. The van der Waals surface area contributed by atoms with E-state index >= 15 is 0 Å². The van der Waals surface area contributed by atoms with Gasteiger partial charge in [-0.3, -0.25) is 14.9 Å². The first kappa shape index (κ1) is 8.67. The third-order valence-corrected chi connectivity index (χ3v) is 1.58. The summed E-state index contributed by atoms with van der Waals surface area (Å²) in [4.78, 5) is 20.0. The highest BCUT2D eigenvalue weighted by Crippen LogP contribution is 2.17. The van der Waals surface area contributed by atoms with Crippen LogP contribution in [-0.2, 0) is 0 Å². The monoisotopic (exact) mass is 186 g/mol. The summed E-state index contributed by atoms with van der Waals surface area (Å²) in [6.45, 7) is 0. The zero-order chi connectivity index (χ0) is 9.14. The summed E-state index contributed by atoms with van der Waals surface area (Å²) in [5.74, 6) is 0. The Bertz CT molecular complexity index is 337. The van der Waals surface area contributed by atoms with Crippen LogP contribution in [0.2, 0.25) is 5.02 Å². The maximum Gasteiger partial charge on any atom is 0.280 e. The van der Waals surface area contributed by atoms with E-state index in [4.69, 9.17) is 11.6 Å².